The highest BCUT2D eigenvalue weighted by Gasteiger charge is 2.36. The number of nitrogens with zero attached hydrogens (tertiary/aromatic N) is 5. The number of aliphatic imine (C=N–C) groups is 1. The maximum Gasteiger partial charge on any atom is 0.328 e. The predicted molar refractivity (Wildman–Crippen MR) is 262 cm³/mol. The quantitative estimate of drug-likeness (QED) is 0.0129. The highest BCUT2D eigenvalue weighted by molar-refractivity contribution is 6.31. The highest BCUT2D eigenvalue weighted by atomic mass is 35.5. The first-order valence-corrected chi connectivity index (χ1v) is 23.5. The van der Waals surface area contributed by atoms with E-state index in [4.69, 9.17) is 39.3 Å². The number of guanidine groups is 1. The Hall–Kier alpha value is -5.19. The summed E-state index contributed by atoms with van der Waals surface area (Å²) >= 11 is 5.84. The molecule has 0 fully saturated rings. The zero-order chi connectivity index (χ0) is 52.8. The summed E-state index contributed by atoms with van der Waals surface area (Å²) in [4.78, 5) is 54.2. The normalized spacial score (nSPS) is 15.8. The summed E-state index contributed by atoms with van der Waals surface area (Å²) in [6.45, 7) is -2.82. The molecular formula is C46H71ClN10O14. The van der Waals surface area contributed by atoms with Crippen LogP contribution >= 0.6 is 11.6 Å². The van der Waals surface area contributed by atoms with Crippen LogP contribution in [0.25, 0.3) is 11.1 Å². The van der Waals surface area contributed by atoms with E-state index in [0.29, 0.717) is 32.4 Å². The molecule has 1 aromatic heterocycles. The lowest BCUT2D eigenvalue weighted by atomic mass is 9.99. The van der Waals surface area contributed by atoms with Crippen molar-refractivity contribution in [2.45, 2.75) is 106 Å². The lowest BCUT2D eigenvalue weighted by molar-refractivity contribution is -0.154. The Morgan fingerprint density at radius 2 is 1.24 bits per heavy atom. The van der Waals surface area contributed by atoms with Crippen molar-refractivity contribution in [3.8, 4) is 11.1 Å². The molecule has 0 aliphatic carbocycles. The molecule has 9 atom stereocenters. The van der Waals surface area contributed by atoms with E-state index in [2.05, 4.69) is 20.3 Å². The number of hydrogen-bond donors (Lipinski definition) is 15. The molecule has 2 amide bonds. The van der Waals surface area contributed by atoms with Gasteiger partial charge in [0.15, 0.2) is 28.4 Å². The fraction of sp³-hybridized carbons (Fsp3) is 0.565. The Labute approximate surface area is 416 Å². The lowest BCUT2D eigenvalue weighted by Crippen LogP contribution is -2.55. The molecule has 71 heavy (non-hydrogen) atoms. The van der Waals surface area contributed by atoms with Crippen LogP contribution in [0.15, 0.2) is 53.5 Å². The number of ether oxygens (including phenoxy) is 1. The van der Waals surface area contributed by atoms with Gasteiger partial charge in [-0.2, -0.15) is 0 Å². The van der Waals surface area contributed by atoms with Gasteiger partial charge in [-0.05, 0) is 73.7 Å². The first kappa shape index (κ1) is 60.1. The van der Waals surface area contributed by atoms with Gasteiger partial charge in [0, 0.05) is 39.1 Å². The number of amides is 2. The molecule has 0 saturated heterocycles. The lowest BCUT2D eigenvalue weighted by Gasteiger charge is -2.36. The number of anilines is 2. The zero-order valence-corrected chi connectivity index (χ0v) is 40.4. The van der Waals surface area contributed by atoms with Gasteiger partial charge in [-0.15, -0.1) is 0 Å². The van der Waals surface area contributed by atoms with E-state index in [9.17, 15) is 65.4 Å². The standard InChI is InChI=1S/C46H71ClN10O14/c1-71-45(70)30(7-2-4-18-48)57(21-20-56(22-31(60)37(65)39(67)33(62)24-58)23-32(61)38(66)40(68)34(63)25-59)35(64)17-12-27-10-15-29(16-11-27)28-13-8-26(9-14-28)6-3-5-19-52-46(51)55-44(69)36-42(49)54-43(50)41(47)53-36/h8-11,13-16,30-34,37-40,58-63,65-68H,2-7,12,17-25,48H2,1H3,(H4,49,50,54)(H3,51,52,55,69)/t30-,31+,32+,33-,34-,37-,38-,39-,40-/m1/s1. The van der Waals surface area contributed by atoms with E-state index in [-0.39, 0.29) is 60.8 Å². The number of carbonyl (C=O) groups is 3. The van der Waals surface area contributed by atoms with Gasteiger partial charge in [0.1, 0.15) is 42.7 Å². The van der Waals surface area contributed by atoms with Crippen LogP contribution in [0.1, 0.15) is 60.1 Å². The van der Waals surface area contributed by atoms with Crippen molar-refractivity contribution >= 4 is 47.0 Å². The number of nitrogens with one attached hydrogen (secondary N) is 1. The molecule has 0 bridgehead atoms. The van der Waals surface area contributed by atoms with Gasteiger partial charge in [0.05, 0.1) is 32.5 Å². The molecule has 2 aromatic carbocycles. The van der Waals surface area contributed by atoms with Gasteiger partial charge in [0.2, 0.25) is 5.91 Å². The van der Waals surface area contributed by atoms with Gasteiger partial charge in [-0.3, -0.25) is 24.8 Å². The summed E-state index contributed by atoms with van der Waals surface area (Å²) < 4.78 is 5.08. The smallest absolute Gasteiger partial charge is 0.328 e. The average Bonchev–Trinajstić information content (AvgIpc) is 3.36. The molecule has 396 valence electrons. The van der Waals surface area contributed by atoms with Crippen molar-refractivity contribution in [2.75, 3.05) is 71.1 Å². The Bertz CT molecular complexity index is 2100. The molecule has 0 aliphatic heterocycles. The second-order valence-corrected chi connectivity index (χ2v) is 17.3. The van der Waals surface area contributed by atoms with E-state index < -0.39 is 99.0 Å². The van der Waals surface area contributed by atoms with Crippen LogP contribution in [0.5, 0.6) is 0 Å². The number of hydrogen-bond acceptors (Lipinski definition) is 21. The van der Waals surface area contributed by atoms with Gasteiger partial charge >= 0.3 is 5.97 Å². The number of rotatable bonds is 31. The summed E-state index contributed by atoms with van der Waals surface area (Å²) in [7, 11) is 1.17. The molecule has 3 aromatic rings. The topological polar surface area (TPSA) is 423 Å². The molecule has 19 N–H and O–H groups in total. The minimum Gasteiger partial charge on any atom is -0.467 e. The molecule has 0 spiro atoms. The Morgan fingerprint density at radius 1 is 0.718 bits per heavy atom. The minimum absolute atomic E-state index is 0.0621. The van der Waals surface area contributed by atoms with Crippen LogP contribution in [-0.2, 0) is 27.2 Å². The van der Waals surface area contributed by atoms with E-state index in [1.54, 1.807) is 0 Å². The van der Waals surface area contributed by atoms with Crippen LogP contribution in [0.2, 0.25) is 5.15 Å². The van der Waals surface area contributed by atoms with Crippen LogP contribution in [0, 0.1) is 0 Å². The molecule has 1 heterocycles. The Balaban J connectivity index is 1.69. The van der Waals surface area contributed by atoms with Gasteiger partial charge in [-0.1, -0.05) is 60.1 Å². The van der Waals surface area contributed by atoms with Crippen molar-refractivity contribution < 1.29 is 70.2 Å². The Kier molecular flexibility index (Phi) is 25.9. The number of unbranched alkanes of at least 4 members (excludes halogenated alkanes) is 2. The first-order chi connectivity index (χ1) is 33.8. The van der Waals surface area contributed by atoms with Crippen LogP contribution in [-0.4, -0.2) is 209 Å². The van der Waals surface area contributed by atoms with Gasteiger partial charge in [-0.25, -0.2) is 14.8 Å². The van der Waals surface area contributed by atoms with Crippen molar-refractivity contribution in [2.24, 2.45) is 16.5 Å². The molecule has 25 heteroatoms. The number of benzene rings is 2. The molecule has 0 saturated carbocycles. The fourth-order valence-corrected chi connectivity index (χ4v) is 7.56. The van der Waals surface area contributed by atoms with Gasteiger partial charge in [0.25, 0.3) is 5.91 Å². The maximum atomic E-state index is 14.1. The number of aliphatic hydroxyl groups excluding tert-OH is 10. The van der Waals surface area contributed by atoms with Crippen molar-refractivity contribution in [3.63, 3.8) is 0 Å². The number of nitrogen functional groups attached to an aromatic ring is 2. The minimum atomic E-state index is -2.02. The van der Waals surface area contributed by atoms with E-state index in [1.807, 2.05) is 48.5 Å². The number of aliphatic hydroxyl groups is 10. The number of carbonyl (C=O) groups excluding carboxylic acids is 3. The number of halogens is 1. The maximum absolute atomic E-state index is 14.1. The molecule has 0 unspecified atom stereocenters. The third-order valence-corrected chi connectivity index (χ3v) is 12.0. The van der Waals surface area contributed by atoms with E-state index in [1.165, 1.54) is 16.9 Å². The number of aromatic nitrogens is 2. The van der Waals surface area contributed by atoms with E-state index >= 15 is 0 Å². The fourth-order valence-electron chi connectivity index (χ4n) is 7.44. The summed E-state index contributed by atoms with van der Waals surface area (Å²) in [5.41, 5.74) is 26.4. The third-order valence-electron chi connectivity index (χ3n) is 11.7. The monoisotopic (exact) mass is 1020 g/mol. The molecule has 24 nitrogen and oxygen atoms in total. The summed E-state index contributed by atoms with van der Waals surface area (Å²) in [5, 5.41) is 104. The van der Waals surface area contributed by atoms with Crippen LogP contribution in [0.4, 0.5) is 11.6 Å². The highest BCUT2D eigenvalue weighted by Crippen LogP contribution is 2.23. The summed E-state index contributed by atoms with van der Waals surface area (Å²) in [5.74, 6) is -2.32. The summed E-state index contributed by atoms with van der Waals surface area (Å²) in [6, 6.07) is 14.5. The largest absolute Gasteiger partial charge is 0.467 e. The van der Waals surface area contributed by atoms with Crippen molar-refractivity contribution in [3.05, 3.63) is 70.5 Å². The Morgan fingerprint density at radius 3 is 1.75 bits per heavy atom. The first-order valence-electron chi connectivity index (χ1n) is 23.1. The van der Waals surface area contributed by atoms with Crippen LogP contribution < -0.4 is 28.3 Å². The second kappa shape index (κ2) is 30.6. The number of aryl methyl sites for hydroxylation is 2. The van der Waals surface area contributed by atoms with Crippen molar-refractivity contribution in [1.29, 1.82) is 0 Å². The molecule has 0 radical (unpaired) electrons. The summed E-state index contributed by atoms with van der Waals surface area (Å²) in [6.07, 6.45) is -11.8. The van der Waals surface area contributed by atoms with E-state index in [0.717, 1.165) is 35.1 Å². The zero-order valence-electron chi connectivity index (χ0n) is 39.7. The number of methoxy groups -OCH3 is 1. The van der Waals surface area contributed by atoms with Crippen molar-refractivity contribution in [1.82, 2.24) is 25.1 Å². The number of esters is 1. The second-order valence-electron chi connectivity index (χ2n) is 17.0. The molecular weight excluding hydrogens is 952 g/mol. The average molecular weight is 1020 g/mol. The number of nitrogens with two attached hydrogens (primary N) is 4. The van der Waals surface area contributed by atoms with Gasteiger partial charge < -0.3 is 83.6 Å². The third kappa shape index (κ3) is 19.1. The predicted octanol–water partition coefficient (Wildman–Crippen LogP) is -3.37. The van der Waals surface area contributed by atoms with Crippen LogP contribution in [0.3, 0.4) is 0 Å². The molecule has 0 aliphatic rings. The molecule has 3 rings (SSSR count). The SMILES string of the molecule is COC(=O)[C@@H](CCCCN)N(CCN(C[C@H](O)[C@@H](O)[C@H](O)[C@H](O)CO)C[C@H](O)[C@@H](O)[C@H](O)[C@H](O)CO)C(=O)CCc1ccc(-c2ccc(CCCCN=C(N)NC(=O)c3nc(Cl)c(N)nc3N)cc2)cc1.